The number of carbonyl (C=O) groups excluding carboxylic acids is 1. The van der Waals surface area contributed by atoms with E-state index in [9.17, 15) is 14.3 Å². The van der Waals surface area contributed by atoms with Crippen molar-refractivity contribution in [3.63, 3.8) is 0 Å². The maximum atomic E-state index is 13.4. The molecular formula is C19H21FN2O3. The number of aromatic hydroxyl groups is 1. The van der Waals surface area contributed by atoms with Crippen LogP contribution in [-0.4, -0.2) is 29.2 Å². The number of hydrogen-bond donors (Lipinski definition) is 2. The number of nitrogens with one attached hydrogen (secondary N) is 1. The smallest absolute Gasteiger partial charge is 0.322 e. The molecule has 0 unspecified atom stereocenters. The Hall–Kier alpha value is -2.76. The van der Waals surface area contributed by atoms with Crippen LogP contribution in [0.2, 0.25) is 0 Å². The van der Waals surface area contributed by atoms with Crippen LogP contribution in [0.15, 0.2) is 36.4 Å². The summed E-state index contributed by atoms with van der Waals surface area (Å²) in [4.78, 5) is 14.4. The molecule has 0 atom stereocenters. The predicted molar refractivity (Wildman–Crippen MR) is 93.4 cm³/mol. The first kappa shape index (κ1) is 17.1. The molecule has 0 bridgehead atoms. The van der Waals surface area contributed by atoms with Crippen LogP contribution in [0.3, 0.4) is 0 Å². The van der Waals surface area contributed by atoms with E-state index in [4.69, 9.17) is 4.74 Å². The van der Waals surface area contributed by atoms with Crippen molar-refractivity contribution in [1.29, 1.82) is 0 Å². The number of hydrogen-bond acceptors (Lipinski definition) is 3. The largest absolute Gasteiger partial charge is 0.504 e. The molecule has 5 nitrogen and oxygen atoms in total. The van der Waals surface area contributed by atoms with Gasteiger partial charge in [0.1, 0.15) is 5.82 Å². The van der Waals surface area contributed by atoms with E-state index in [1.807, 2.05) is 0 Å². The first-order valence-electron chi connectivity index (χ1n) is 8.17. The third kappa shape index (κ3) is 4.02. The van der Waals surface area contributed by atoms with Crippen LogP contribution in [0.5, 0.6) is 11.5 Å². The Morgan fingerprint density at radius 2 is 2.08 bits per heavy atom. The van der Waals surface area contributed by atoms with Gasteiger partial charge in [-0.25, -0.2) is 9.18 Å². The van der Waals surface area contributed by atoms with E-state index < -0.39 is 0 Å². The zero-order valence-corrected chi connectivity index (χ0v) is 14.3. The summed E-state index contributed by atoms with van der Waals surface area (Å²) in [6.07, 6.45) is 1.93. The molecule has 2 aromatic rings. The number of phenols is 1. The quantitative estimate of drug-likeness (QED) is 0.860. The zero-order chi connectivity index (χ0) is 18.0. The molecule has 0 heterocycles. The zero-order valence-electron chi connectivity index (χ0n) is 14.3. The normalized spacial score (nSPS) is 13.4. The monoisotopic (exact) mass is 344 g/mol. The molecule has 1 aliphatic carbocycles. The molecule has 0 radical (unpaired) electrons. The van der Waals surface area contributed by atoms with Gasteiger partial charge in [-0.3, -0.25) is 0 Å². The summed E-state index contributed by atoms with van der Waals surface area (Å²) in [5.74, 6) is 0.145. The van der Waals surface area contributed by atoms with Gasteiger partial charge in [0, 0.05) is 18.3 Å². The Morgan fingerprint density at radius 3 is 2.72 bits per heavy atom. The lowest BCUT2D eigenvalue weighted by molar-refractivity contribution is 0.206. The van der Waals surface area contributed by atoms with Gasteiger partial charge >= 0.3 is 6.03 Å². The van der Waals surface area contributed by atoms with Crippen LogP contribution in [-0.2, 0) is 6.54 Å². The minimum Gasteiger partial charge on any atom is -0.504 e. The van der Waals surface area contributed by atoms with Gasteiger partial charge in [-0.2, -0.15) is 0 Å². The highest BCUT2D eigenvalue weighted by Gasteiger charge is 2.32. The van der Waals surface area contributed by atoms with Gasteiger partial charge in [0.2, 0.25) is 0 Å². The lowest BCUT2D eigenvalue weighted by Gasteiger charge is -2.23. The summed E-state index contributed by atoms with van der Waals surface area (Å²) in [5, 5.41) is 12.5. The highest BCUT2D eigenvalue weighted by molar-refractivity contribution is 5.89. The first-order chi connectivity index (χ1) is 12.0. The fraction of sp³-hybridized carbons (Fsp3) is 0.316. The summed E-state index contributed by atoms with van der Waals surface area (Å²) < 4.78 is 18.5. The van der Waals surface area contributed by atoms with Crippen molar-refractivity contribution in [2.75, 3.05) is 12.4 Å². The van der Waals surface area contributed by atoms with Gasteiger partial charge in [0.15, 0.2) is 11.5 Å². The molecule has 0 spiro atoms. The Kier molecular flexibility index (Phi) is 4.79. The first-order valence-corrected chi connectivity index (χ1v) is 8.17. The van der Waals surface area contributed by atoms with Gasteiger partial charge in [0.25, 0.3) is 0 Å². The van der Waals surface area contributed by atoms with Crippen LogP contribution in [0.25, 0.3) is 0 Å². The van der Waals surface area contributed by atoms with E-state index >= 15 is 0 Å². The van der Waals surface area contributed by atoms with Crippen molar-refractivity contribution in [1.82, 2.24) is 4.90 Å². The number of halogens is 1. The van der Waals surface area contributed by atoms with Crippen molar-refractivity contribution in [3.8, 4) is 11.5 Å². The summed E-state index contributed by atoms with van der Waals surface area (Å²) in [5.41, 5.74) is 1.92. The number of carbonyl (C=O) groups is 1. The van der Waals surface area contributed by atoms with E-state index in [2.05, 4.69) is 5.32 Å². The fourth-order valence-corrected chi connectivity index (χ4v) is 2.69. The van der Waals surface area contributed by atoms with Gasteiger partial charge in [-0.15, -0.1) is 0 Å². The topological polar surface area (TPSA) is 61.8 Å². The number of aryl methyl sites for hydroxylation is 1. The second-order valence-electron chi connectivity index (χ2n) is 6.26. The van der Waals surface area contributed by atoms with E-state index in [0.29, 0.717) is 23.5 Å². The number of nitrogens with zero attached hydrogens (tertiary/aromatic N) is 1. The number of benzene rings is 2. The molecule has 0 aliphatic heterocycles. The van der Waals surface area contributed by atoms with Crippen LogP contribution < -0.4 is 10.1 Å². The number of ether oxygens (including phenoxy) is 1. The number of anilines is 1. The Bertz CT molecular complexity index is 790. The fourth-order valence-electron chi connectivity index (χ4n) is 2.69. The number of rotatable bonds is 5. The minimum atomic E-state index is -0.298. The molecule has 25 heavy (non-hydrogen) atoms. The van der Waals surface area contributed by atoms with Crippen LogP contribution in [0.1, 0.15) is 24.0 Å². The lowest BCUT2D eigenvalue weighted by Crippen LogP contribution is -2.36. The summed E-state index contributed by atoms with van der Waals surface area (Å²) in [7, 11) is 1.49. The SMILES string of the molecule is COc1cc(CN(C(=O)Nc2ccc(F)c(C)c2)C2CC2)ccc1O. The highest BCUT2D eigenvalue weighted by Crippen LogP contribution is 2.31. The molecule has 1 aliphatic rings. The van der Waals surface area contributed by atoms with Crippen LogP contribution in [0, 0.1) is 12.7 Å². The van der Waals surface area contributed by atoms with Crippen LogP contribution in [0.4, 0.5) is 14.9 Å². The van der Waals surface area contributed by atoms with Gasteiger partial charge < -0.3 is 20.1 Å². The van der Waals surface area contributed by atoms with E-state index in [1.54, 1.807) is 42.2 Å². The molecule has 1 saturated carbocycles. The number of phenolic OH excluding ortho intramolecular Hbond substituents is 1. The number of urea groups is 1. The molecule has 0 aromatic heterocycles. The third-order valence-corrected chi connectivity index (χ3v) is 4.25. The molecule has 6 heteroatoms. The molecule has 3 rings (SSSR count). The molecular weight excluding hydrogens is 323 g/mol. The maximum absolute atomic E-state index is 13.4. The average Bonchev–Trinajstić information content (AvgIpc) is 3.42. The number of methoxy groups -OCH3 is 1. The predicted octanol–water partition coefficient (Wildman–Crippen LogP) is 4.04. The van der Waals surface area contributed by atoms with E-state index in [1.165, 1.54) is 13.2 Å². The summed E-state index contributed by atoms with van der Waals surface area (Å²) >= 11 is 0. The second kappa shape index (κ2) is 7.01. The molecule has 0 saturated heterocycles. The molecule has 1 fully saturated rings. The van der Waals surface area contributed by atoms with E-state index in [-0.39, 0.29) is 23.6 Å². The van der Waals surface area contributed by atoms with Gasteiger partial charge in [-0.05, 0) is 61.2 Å². The van der Waals surface area contributed by atoms with Crippen molar-refractivity contribution in [2.24, 2.45) is 0 Å². The van der Waals surface area contributed by atoms with Crippen molar-refractivity contribution < 1.29 is 19.0 Å². The molecule has 2 amide bonds. The van der Waals surface area contributed by atoms with Gasteiger partial charge in [-0.1, -0.05) is 6.07 Å². The summed E-state index contributed by atoms with van der Waals surface area (Å²) in [6, 6.07) is 9.53. The molecule has 2 N–H and O–H groups in total. The van der Waals surface area contributed by atoms with Crippen molar-refractivity contribution in [2.45, 2.75) is 32.4 Å². The Labute approximate surface area is 146 Å². The van der Waals surface area contributed by atoms with Crippen LogP contribution >= 0.6 is 0 Å². The van der Waals surface area contributed by atoms with Crippen molar-refractivity contribution >= 4 is 11.7 Å². The Morgan fingerprint density at radius 1 is 1.32 bits per heavy atom. The minimum absolute atomic E-state index is 0.0652. The average molecular weight is 344 g/mol. The standard InChI is InChI=1S/C19H21FN2O3/c1-12-9-14(4-7-16(12)20)21-19(24)22(15-5-6-15)11-13-3-8-17(23)18(10-13)25-2/h3-4,7-10,15,23H,5-6,11H2,1-2H3,(H,21,24). The number of amides is 2. The maximum Gasteiger partial charge on any atom is 0.322 e. The Balaban J connectivity index is 1.74. The van der Waals surface area contributed by atoms with Crippen molar-refractivity contribution in [3.05, 3.63) is 53.3 Å². The highest BCUT2D eigenvalue weighted by atomic mass is 19.1. The lowest BCUT2D eigenvalue weighted by atomic mass is 10.2. The summed E-state index contributed by atoms with van der Waals surface area (Å²) in [6.45, 7) is 2.07. The van der Waals surface area contributed by atoms with E-state index in [0.717, 1.165) is 18.4 Å². The second-order valence-corrected chi connectivity index (χ2v) is 6.26. The third-order valence-electron chi connectivity index (χ3n) is 4.25. The van der Waals surface area contributed by atoms with Gasteiger partial charge in [0.05, 0.1) is 7.11 Å². The molecule has 132 valence electrons. The molecule has 2 aromatic carbocycles.